The minimum atomic E-state index is -0.367. The van der Waals surface area contributed by atoms with Crippen LogP contribution in [0, 0.1) is 21.4 Å². The molecule has 6 nitrogen and oxygen atoms in total. The van der Waals surface area contributed by atoms with Crippen LogP contribution < -0.4 is 10.2 Å². The molecule has 3 rings (SSSR count). The van der Waals surface area contributed by atoms with Gasteiger partial charge in [-0.1, -0.05) is 44.7 Å². The highest BCUT2D eigenvalue weighted by molar-refractivity contribution is 8.13. The Morgan fingerprint density at radius 1 is 1.35 bits per heavy atom. The van der Waals surface area contributed by atoms with E-state index in [1.807, 2.05) is 12.1 Å². The van der Waals surface area contributed by atoms with Crippen LogP contribution in [0.3, 0.4) is 0 Å². The van der Waals surface area contributed by atoms with Crippen molar-refractivity contribution >= 4 is 22.6 Å². The Balaban J connectivity index is 1.51. The van der Waals surface area contributed by atoms with E-state index in [0.717, 1.165) is 35.7 Å². The van der Waals surface area contributed by atoms with Crippen molar-refractivity contribution < 1.29 is 9.82 Å². The smallest absolute Gasteiger partial charge is 0.269 e. The number of quaternary nitrogens is 1. The Bertz CT molecular complexity index is 675. The van der Waals surface area contributed by atoms with Gasteiger partial charge in [0.2, 0.25) is 0 Å². The summed E-state index contributed by atoms with van der Waals surface area (Å²) in [5, 5.41) is 15.2. The molecule has 1 heterocycles. The average molecular weight is 378 g/mol. The van der Waals surface area contributed by atoms with E-state index in [0.29, 0.717) is 11.5 Å². The average Bonchev–Trinajstić information content (AvgIpc) is 2.59. The SMILES string of the molecule is C[C@H]1C[C@H]([NH+]2CN=C(SCc3ccc([N+](=O)[O-])cc3)NC2)CC(C)(C)C1. The van der Waals surface area contributed by atoms with E-state index in [2.05, 4.69) is 26.1 Å². The second kappa shape index (κ2) is 7.96. The quantitative estimate of drug-likeness (QED) is 0.625. The lowest BCUT2D eigenvalue weighted by Gasteiger charge is -2.42. The summed E-state index contributed by atoms with van der Waals surface area (Å²) in [4.78, 5) is 16.6. The van der Waals surface area contributed by atoms with Crippen LogP contribution >= 0.6 is 11.8 Å². The zero-order chi connectivity index (χ0) is 18.7. The zero-order valence-electron chi connectivity index (χ0n) is 15.8. The van der Waals surface area contributed by atoms with Gasteiger partial charge in [-0.2, -0.15) is 0 Å². The summed E-state index contributed by atoms with van der Waals surface area (Å²) in [5.41, 5.74) is 1.64. The standard InChI is InChI=1S/C19H28N4O2S/c1-14-8-17(10-19(2,3)9-14)22-12-20-18(21-13-22)26-11-15-4-6-16(7-5-15)23(24)25/h4-7,14,17H,8-13H2,1-3H3,(H,20,21)/p+1/t14-,17-/m0/s1. The molecular formula is C19H29N4O2S+. The number of amidine groups is 1. The molecule has 142 valence electrons. The number of nitro groups is 1. The van der Waals surface area contributed by atoms with E-state index in [1.165, 1.54) is 19.3 Å². The van der Waals surface area contributed by atoms with Gasteiger partial charge in [0.25, 0.3) is 5.69 Å². The Hall–Kier alpha value is -1.60. The molecule has 1 aliphatic heterocycles. The zero-order valence-corrected chi connectivity index (χ0v) is 16.6. The van der Waals surface area contributed by atoms with Crippen molar-refractivity contribution in [1.82, 2.24) is 5.32 Å². The first-order valence-corrected chi connectivity index (χ1v) is 10.3. The maximum atomic E-state index is 10.7. The van der Waals surface area contributed by atoms with Crippen LogP contribution in [-0.2, 0) is 5.75 Å². The first-order valence-electron chi connectivity index (χ1n) is 9.31. The first kappa shape index (κ1) is 19.2. The fourth-order valence-electron chi connectivity index (χ4n) is 4.37. The van der Waals surface area contributed by atoms with Gasteiger partial charge in [-0.3, -0.25) is 15.0 Å². The second-order valence-corrected chi connectivity index (χ2v) is 9.42. The number of aliphatic imine (C=N–C) groups is 1. The summed E-state index contributed by atoms with van der Waals surface area (Å²) < 4.78 is 0. The van der Waals surface area contributed by atoms with E-state index >= 15 is 0 Å². The molecule has 2 aliphatic rings. The number of nitro benzene ring substituents is 1. The molecule has 1 aliphatic carbocycles. The second-order valence-electron chi connectivity index (χ2n) is 8.46. The van der Waals surface area contributed by atoms with Crippen LogP contribution in [0.1, 0.15) is 45.6 Å². The molecule has 0 radical (unpaired) electrons. The van der Waals surface area contributed by atoms with Gasteiger partial charge < -0.3 is 5.32 Å². The normalized spacial score (nSPS) is 28.1. The third-order valence-corrected chi connectivity index (χ3v) is 6.40. The van der Waals surface area contributed by atoms with E-state index in [9.17, 15) is 10.1 Å². The summed E-state index contributed by atoms with van der Waals surface area (Å²) >= 11 is 1.67. The monoisotopic (exact) mass is 377 g/mol. The molecule has 1 aromatic carbocycles. The molecule has 26 heavy (non-hydrogen) atoms. The van der Waals surface area contributed by atoms with Crippen molar-refractivity contribution in [2.75, 3.05) is 13.3 Å². The first-order chi connectivity index (χ1) is 12.3. The number of nitrogens with one attached hydrogen (secondary N) is 2. The highest BCUT2D eigenvalue weighted by Gasteiger charge is 2.37. The third-order valence-electron chi connectivity index (χ3n) is 5.38. The van der Waals surface area contributed by atoms with Crippen molar-refractivity contribution in [2.24, 2.45) is 16.3 Å². The van der Waals surface area contributed by atoms with Gasteiger partial charge in [0, 0.05) is 30.7 Å². The predicted molar refractivity (Wildman–Crippen MR) is 106 cm³/mol. The van der Waals surface area contributed by atoms with Crippen LogP contribution in [0.5, 0.6) is 0 Å². The molecule has 3 atom stereocenters. The lowest BCUT2D eigenvalue weighted by molar-refractivity contribution is -0.930. The van der Waals surface area contributed by atoms with E-state index in [-0.39, 0.29) is 10.6 Å². The maximum Gasteiger partial charge on any atom is 0.269 e. The molecular weight excluding hydrogens is 348 g/mol. The molecule has 0 saturated heterocycles. The molecule has 1 saturated carbocycles. The minimum absolute atomic E-state index is 0.135. The Morgan fingerprint density at radius 2 is 2.08 bits per heavy atom. The van der Waals surface area contributed by atoms with Crippen molar-refractivity contribution in [2.45, 2.75) is 51.8 Å². The summed E-state index contributed by atoms with van der Waals surface area (Å²) in [6.07, 6.45) is 3.89. The number of non-ortho nitro benzene ring substituents is 1. The lowest BCUT2D eigenvalue weighted by atomic mass is 9.70. The summed E-state index contributed by atoms with van der Waals surface area (Å²) in [6.45, 7) is 8.92. The summed E-state index contributed by atoms with van der Waals surface area (Å²) in [6, 6.07) is 7.44. The molecule has 0 aromatic heterocycles. The fourth-order valence-corrected chi connectivity index (χ4v) is 5.19. The Morgan fingerprint density at radius 3 is 2.65 bits per heavy atom. The van der Waals surface area contributed by atoms with E-state index < -0.39 is 0 Å². The number of benzene rings is 1. The van der Waals surface area contributed by atoms with Crippen LogP contribution in [-0.4, -0.2) is 29.5 Å². The van der Waals surface area contributed by atoms with Crippen molar-refractivity contribution in [3.05, 3.63) is 39.9 Å². The third kappa shape index (κ3) is 4.98. The van der Waals surface area contributed by atoms with Crippen LogP contribution in [0.25, 0.3) is 0 Å². The largest absolute Gasteiger partial charge is 0.318 e. The summed E-state index contributed by atoms with van der Waals surface area (Å²) in [7, 11) is 0. The van der Waals surface area contributed by atoms with Crippen molar-refractivity contribution in [1.29, 1.82) is 0 Å². The number of hydrogen-bond acceptors (Lipinski definition) is 5. The topological polar surface area (TPSA) is 72.0 Å². The highest BCUT2D eigenvalue weighted by Crippen LogP contribution is 2.37. The van der Waals surface area contributed by atoms with Crippen LogP contribution in [0.2, 0.25) is 0 Å². The van der Waals surface area contributed by atoms with Gasteiger partial charge >= 0.3 is 0 Å². The van der Waals surface area contributed by atoms with Gasteiger partial charge in [-0.05, 0) is 23.3 Å². The van der Waals surface area contributed by atoms with E-state index in [1.54, 1.807) is 28.8 Å². The molecule has 0 amide bonds. The van der Waals surface area contributed by atoms with E-state index in [4.69, 9.17) is 4.99 Å². The number of rotatable bonds is 4. The lowest BCUT2D eigenvalue weighted by Crippen LogP contribution is -3.18. The predicted octanol–water partition coefficient (Wildman–Crippen LogP) is 2.80. The van der Waals surface area contributed by atoms with Gasteiger partial charge in [0.05, 0.1) is 11.0 Å². The minimum Gasteiger partial charge on any atom is -0.318 e. The molecule has 2 N–H and O–H groups in total. The Kier molecular flexibility index (Phi) is 5.87. The maximum absolute atomic E-state index is 10.7. The number of nitrogens with zero attached hydrogens (tertiary/aromatic N) is 2. The number of thioether (sulfide) groups is 1. The Labute approximate surface area is 159 Å². The fraction of sp³-hybridized carbons (Fsp3) is 0.632. The highest BCUT2D eigenvalue weighted by atomic mass is 32.2. The van der Waals surface area contributed by atoms with Crippen molar-refractivity contribution in [3.63, 3.8) is 0 Å². The molecule has 0 bridgehead atoms. The number of hydrogen-bond donors (Lipinski definition) is 2. The van der Waals surface area contributed by atoms with Crippen LogP contribution in [0.15, 0.2) is 29.3 Å². The summed E-state index contributed by atoms with van der Waals surface area (Å²) in [5.74, 6) is 1.56. The van der Waals surface area contributed by atoms with Gasteiger partial charge in [-0.15, -0.1) is 0 Å². The molecule has 0 spiro atoms. The van der Waals surface area contributed by atoms with Gasteiger partial charge in [0.1, 0.15) is 0 Å². The molecule has 1 aromatic rings. The van der Waals surface area contributed by atoms with Gasteiger partial charge in [-0.25, -0.2) is 4.99 Å². The van der Waals surface area contributed by atoms with Crippen molar-refractivity contribution in [3.8, 4) is 0 Å². The molecule has 1 unspecified atom stereocenters. The molecule has 7 heteroatoms. The van der Waals surface area contributed by atoms with Gasteiger partial charge in [0.15, 0.2) is 18.5 Å². The molecule has 1 fully saturated rings. The van der Waals surface area contributed by atoms with Crippen LogP contribution in [0.4, 0.5) is 5.69 Å².